The van der Waals surface area contributed by atoms with Crippen LogP contribution in [-0.2, 0) is 21.1 Å². The number of carbonyl (C=O) groups is 1. The number of carbonyl (C=O) groups excluding carboxylic acids is 1. The molecular weight excluding hydrogens is 316 g/mol. The number of aromatic nitrogens is 1. The maximum absolute atomic E-state index is 12.5. The maximum Gasteiger partial charge on any atom is 0.227 e. The molecule has 3 rings (SSSR count). The normalized spacial score (nSPS) is 19.8. The molecule has 1 saturated heterocycles. The van der Waals surface area contributed by atoms with Crippen LogP contribution >= 0.6 is 0 Å². The van der Waals surface area contributed by atoms with E-state index in [1.165, 1.54) is 0 Å². The molecule has 7 heteroatoms. The number of amides is 1. The Kier molecular flexibility index (Phi) is 4.06. The van der Waals surface area contributed by atoms with Crippen molar-refractivity contribution in [3.8, 4) is 5.75 Å². The summed E-state index contributed by atoms with van der Waals surface area (Å²) in [5.74, 6) is 0.896. The first kappa shape index (κ1) is 15.9. The highest BCUT2D eigenvalue weighted by molar-refractivity contribution is 7.91. The van der Waals surface area contributed by atoms with Crippen molar-refractivity contribution in [3.05, 3.63) is 30.0 Å². The third kappa shape index (κ3) is 3.19. The number of fused-ring (bicyclic) bond motifs is 1. The summed E-state index contributed by atoms with van der Waals surface area (Å²) < 4.78 is 28.4. The smallest absolute Gasteiger partial charge is 0.227 e. The first-order valence-corrected chi connectivity index (χ1v) is 9.32. The minimum atomic E-state index is -3.00. The topological polar surface area (TPSA) is 79.5 Å². The lowest BCUT2D eigenvalue weighted by Gasteiger charge is -2.23. The van der Waals surface area contributed by atoms with Crippen molar-refractivity contribution < 1.29 is 17.9 Å². The molecule has 0 bridgehead atoms. The van der Waals surface area contributed by atoms with Crippen LogP contribution in [0, 0.1) is 0 Å². The molecule has 1 N–H and O–H groups in total. The Balaban J connectivity index is 1.77. The monoisotopic (exact) mass is 336 g/mol. The fraction of sp³-hybridized carbons (Fsp3) is 0.438. The number of likely N-dealkylation sites (N-methyl/N-ethyl adjacent to an activating group) is 1. The standard InChI is InChI=1S/C16H20N2O4S/c1-18(12-5-6-23(20,21)10-12)16(19)7-11-9-17-15-4-3-13(22-2)8-14(11)15/h3-4,8-9,12,17H,5-7,10H2,1-2H3. The largest absolute Gasteiger partial charge is 0.497 e. The number of sulfone groups is 1. The lowest BCUT2D eigenvalue weighted by molar-refractivity contribution is -0.130. The van der Waals surface area contributed by atoms with Crippen LogP contribution in [0.5, 0.6) is 5.75 Å². The molecule has 2 aromatic rings. The number of methoxy groups -OCH3 is 1. The molecule has 1 aliphatic rings. The fourth-order valence-electron chi connectivity index (χ4n) is 3.00. The van der Waals surface area contributed by atoms with Crippen LogP contribution in [0.1, 0.15) is 12.0 Å². The van der Waals surface area contributed by atoms with Gasteiger partial charge in [0.05, 0.1) is 25.0 Å². The summed E-state index contributed by atoms with van der Waals surface area (Å²) in [4.78, 5) is 17.2. The molecule has 1 fully saturated rings. The lowest BCUT2D eigenvalue weighted by atomic mass is 10.1. The van der Waals surface area contributed by atoms with Gasteiger partial charge in [0.1, 0.15) is 5.75 Å². The highest BCUT2D eigenvalue weighted by atomic mass is 32.2. The number of benzene rings is 1. The maximum atomic E-state index is 12.5. The molecule has 1 aromatic carbocycles. The number of nitrogens with one attached hydrogen (secondary N) is 1. The van der Waals surface area contributed by atoms with Gasteiger partial charge in [-0.3, -0.25) is 4.79 Å². The quantitative estimate of drug-likeness (QED) is 0.914. The second-order valence-corrected chi connectivity index (χ2v) is 8.19. The third-order valence-corrected chi connectivity index (χ3v) is 6.22. The second-order valence-electron chi connectivity index (χ2n) is 5.96. The number of rotatable bonds is 4. The van der Waals surface area contributed by atoms with Crippen LogP contribution < -0.4 is 4.74 Å². The first-order chi connectivity index (χ1) is 10.9. The van der Waals surface area contributed by atoms with Crippen molar-refractivity contribution in [3.63, 3.8) is 0 Å². The zero-order valence-electron chi connectivity index (χ0n) is 13.2. The van der Waals surface area contributed by atoms with Gasteiger partial charge < -0.3 is 14.6 Å². The van der Waals surface area contributed by atoms with Crippen LogP contribution in [0.3, 0.4) is 0 Å². The van der Waals surface area contributed by atoms with Crippen LogP contribution in [0.4, 0.5) is 0 Å². The predicted octanol–water partition coefficient (Wildman–Crippen LogP) is 1.36. The SMILES string of the molecule is COc1ccc2[nH]cc(CC(=O)N(C)C3CCS(=O)(=O)C3)c2c1. The van der Waals surface area contributed by atoms with Crippen molar-refractivity contribution >= 4 is 26.6 Å². The summed E-state index contributed by atoms with van der Waals surface area (Å²) >= 11 is 0. The minimum Gasteiger partial charge on any atom is -0.497 e. The Morgan fingerprint density at radius 3 is 2.87 bits per heavy atom. The molecular formula is C16H20N2O4S. The Morgan fingerprint density at radius 2 is 2.22 bits per heavy atom. The van der Waals surface area contributed by atoms with Gasteiger partial charge >= 0.3 is 0 Å². The summed E-state index contributed by atoms with van der Waals surface area (Å²) in [6.45, 7) is 0. The van der Waals surface area contributed by atoms with E-state index in [-0.39, 0.29) is 29.9 Å². The molecule has 2 heterocycles. The molecule has 124 valence electrons. The molecule has 6 nitrogen and oxygen atoms in total. The summed E-state index contributed by atoms with van der Waals surface area (Å²) in [5.41, 5.74) is 1.83. The average Bonchev–Trinajstić information content (AvgIpc) is 3.09. The first-order valence-electron chi connectivity index (χ1n) is 7.50. The average molecular weight is 336 g/mol. The number of aromatic amines is 1. The van der Waals surface area contributed by atoms with Gasteiger partial charge in [0.15, 0.2) is 9.84 Å². The molecule has 1 unspecified atom stereocenters. The fourth-order valence-corrected chi connectivity index (χ4v) is 4.78. The van der Waals surface area contributed by atoms with E-state index in [0.717, 1.165) is 22.2 Å². The zero-order chi connectivity index (χ0) is 16.6. The summed E-state index contributed by atoms with van der Waals surface area (Å²) in [7, 11) is 0.292. The van der Waals surface area contributed by atoms with E-state index in [1.54, 1.807) is 19.1 Å². The predicted molar refractivity (Wildman–Crippen MR) is 88.4 cm³/mol. The van der Waals surface area contributed by atoms with Crippen LogP contribution in [0.2, 0.25) is 0 Å². The molecule has 0 saturated carbocycles. The third-order valence-electron chi connectivity index (χ3n) is 4.47. The molecule has 1 atom stereocenters. The van der Waals surface area contributed by atoms with Crippen LogP contribution in [0.15, 0.2) is 24.4 Å². The second kappa shape index (κ2) is 5.88. The van der Waals surface area contributed by atoms with Gasteiger partial charge in [-0.05, 0) is 30.2 Å². The van der Waals surface area contributed by atoms with Gasteiger partial charge in [0.2, 0.25) is 5.91 Å². The Morgan fingerprint density at radius 1 is 1.43 bits per heavy atom. The van der Waals surface area contributed by atoms with Gasteiger partial charge in [0.25, 0.3) is 0 Å². The lowest BCUT2D eigenvalue weighted by Crippen LogP contribution is -2.38. The number of hydrogen-bond donors (Lipinski definition) is 1. The van der Waals surface area contributed by atoms with Gasteiger partial charge in [-0.15, -0.1) is 0 Å². The highest BCUT2D eigenvalue weighted by Gasteiger charge is 2.32. The molecule has 23 heavy (non-hydrogen) atoms. The van der Waals surface area contributed by atoms with Gasteiger partial charge in [-0.1, -0.05) is 0 Å². The van der Waals surface area contributed by atoms with Crippen molar-refractivity contribution in [1.82, 2.24) is 9.88 Å². The van der Waals surface area contributed by atoms with Gasteiger partial charge in [0, 0.05) is 30.2 Å². The Bertz CT molecular complexity index is 841. The Labute approximate surface area is 135 Å². The molecule has 1 aliphatic heterocycles. The molecule has 0 radical (unpaired) electrons. The van der Waals surface area contributed by atoms with Gasteiger partial charge in [-0.2, -0.15) is 0 Å². The molecule has 1 amide bonds. The van der Waals surface area contributed by atoms with Crippen molar-refractivity contribution in [2.24, 2.45) is 0 Å². The molecule has 0 spiro atoms. The van der Waals surface area contributed by atoms with Crippen LogP contribution in [0.25, 0.3) is 10.9 Å². The van der Waals surface area contributed by atoms with E-state index >= 15 is 0 Å². The van der Waals surface area contributed by atoms with E-state index in [4.69, 9.17) is 4.74 Å². The number of hydrogen-bond acceptors (Lipinski definition) is 4. The number of H-pyrrole nitrogens is 1. The number of nitrogens with zero attached hydrogens (tertiary/aromatic N) is 1. The van der Waals surface area contributed by atoms with Gasteiger partial charge in [-0.25, -0.2) is 8.42 Å². The van der Waals surface area contributed by atoms with Crippen molar-refractivity contribution in [2.75, 3.05) is 25.7 Å². The van der Waals surface area contributed by atoms with E-state index in [1.807, 2.05) is 24.4 Å². The van der Waals surface area contributed by atoms with E-state index in [2.05, 4.69) is 4.98 Å². The van der Waals surface area contributed by atoms with E-state index in [9.17, 15) is 13.2 Å². The minimum absolute atomic E-state index is 0.0664. The van der Waals surface area contributed by atoms with E-state index < -0.39 is 9.84 Å². The molecule has 1 aromatic heterocycles. The van der Waals surface area contributed by atoms with Crippen molar-refractivity contribution in [1.29, 1.82) is 0 Å². The molecule has 0 aliphatic carbocycles. The van der Waals surface area contributed by atoms with E-state index in [0.29, 0.717) is 6.42 Å². The zero-order valence-corrected chi connectivity index (χ0v) is 14.0. The Hall–Kier alpha value is -2.02. The summed E-state index contributed by atoms with van der Waals surface area (Å²) in [6, 6.07) is 5.45. The highest BCUT2D eigenvalue weighted by Crippen LogP contribution is 2.25. The summed E-state index contributed by atoms with van der Waals surface area (Å²) in [5, 5.41) is 0.949. The van der Waals surface area contributed by atoms with Crippen LogP contribution in [-0.4, -0.2) is 55.9 Å². The number of ether oxygens (including phenoxy) is 1. The summed E-state index contributed by atoms with van der Waals surface area (Å²) in [6.07, 6.45) is 2.58. The van der Waals surface area contributed by atoms with Crippen molar-refractivity contribution in [2.45, 2.75) is 18.9 Å².